The fraction of sp³-hybridized carbons (Fsp3) is 0.440. The SMILES string of the molecule is CCN(CC)CCn1c(NC(=O)c2cccc(S(=O)(=O)N3CCCCC3)c2)nc2ccccc21. The van der Waals surface area contributed by atoms with Crippen LogP contribution in [0.2, 0.25) is 0 Å². The molecule has 3 aromatic rings. The van der Waals surface area contributed by atoms with Crippen LogP contribution in [0.5, 0.6) is 0 Å². The largest absolute Gasteiger partial charge is 0.309 e. The summed E-state index contributed by atoms with van der Waals surface area (Å²) in [6.45, 7) is 8.71. The molecule has 9 heteroatoms. The number of rotatable bonds is 9. The van der Waals surface area contributed by atoms with Gasteiger partial charge in [0.1, 0.15) is 0 Å². The Morgan fingerprint density at radius 2 is 1.76 bits per heavy atom. The number of para-hydroxylation sites is 2. The van der Waals surface area contributed by atoms with Crippen molar-refractivity contribution >= 4 is 32.9 Å². The molecule has 0 spiro atoms. The van der Waals surface area contributed by atoms with E-state index in [1.165, 1.54) is 10.4 Å². The first-order valence-electron chi connectivity index (χ1n) is 12.0. The third-order valence-electron chi connectivity index (χ3n) is 6.46. The van der Waals surface area contributed by atoms with Crippen molar-refractivity contribution in [2.45, 2.75) is 44.6 Å². The van der Waals surface area contributed by atoms with Crippen LogP contribution in [-0.2, 0) is 16.6 Å². The maximum absolute atomic E-state index is 13.2. The second-order valence-corrected chi connectivity index (χ2v) is 10.5. The van der Waals surface area contributed by atoms with E-state index in [1.807, 2.05) is 28.8 Å². The number of imidazole rings is 1. The molecule has 8 nitrogen and oxygen atoms in total. The molecule has 1 N–H and O–H groups in total. The molecule has 4 rings (SSSR count). The van der Waals surface area contributed by atoms with Crippen molar-refractivity contribution in [1.82, 2.24) is 18.8 Å². The highest BCUT2D eigenvalue weighted by Crippen LogP contribution is 2.23. The zero-order valence-electron chi connectivity index (χ0n) is 19.9. The first-order chi connectivity index (χ1) is 16.4. The summed E-state index contributed by atoms with van der Waals surface area (Å²) in [5, 5.41) is 2.92. The lowest BCUT2D eigenvalue weighted by Crippen LogP contribution is -2.35. The molecule has 2 aromatic carbocycles. The predicted molar refractivity (Wildman–Crippen MR) is 135 cm³/mol. The van der Waals surface area contributed by atoms with Crippen molar-refractivity contribution in [2.24, 2.45) is 0 Å². The van der Waals surface area contributed by atoms with Crippen LogP contribution in [0.15, 0.2) is 53.4 Å². The van der Waals surface area contributed by atoms with Crippen molar-refractivity contribution in [2.75, 3.05) is 38.0 Å². The lowest BCUT2D eigenvalue weighted by atomic mass is 10.2. The number of carbonyl (C=O) groups excluding carboxylic acids is 1. The van der Waals surface area contributed by atoms with E-state index in [2.05, 4.69) is 29.0 Å². The smallest absolute Gasteiger partial charge is 0.258 e. The number of piperidine rings is 1. The molecule has 1 aliphatic heterocycles. The maximum atomic E-state index is 13.2. The highest BCUT2D eigenvalue weighted by molar-refractivity contribution is 7.89. The van der Waals surface area contributed by atoms with Gasteiger partial charge in [0.25, 0.3) is 5.91 Å². The van der Waals surface area contributed by atoms with Crippen LogP contribution in [-0.4, -0.2) is 65.8 Å². The number of likely N-dealkylation sites (N-methyl/N-ethyl adjacent to an activating group) is 1. The number of nitrogens with one attached hydrogen (secondary N) is 1. The fourth-order valence-corrected chi connectivity index (χ4v) is 5.97. The second kappa shape index (κ2) is 10.7. The fourth-order valence-electron chi connectivity index (χ4n) is 4.40. The highest BCUT2D eigenvalue weighted by atomic mass is 32.2. The maximum Gasteiger partial charge on any atom is 0.258 e. The molecule has 0 radical (unpaired) electrons. The van der Waals surface area contributed by atoms with E-state index in [0.717, 1.165) is 49.9 Å². The number of amides is 1. The first kappa shape index (κ1) is 24.4. The van der Waals surface area contributed by atoms with Crippen molar-refractivity contribution in [3.8, 4) is 0 Å². The van der Waals surface area contributed by atoms with Gasteiger partial charge in [-0.15, -0.1) is 0 Å². The minimum absolute atomic E-state index is 0.150. The van der Waals surface area contributed by atoms with E-state index >= 15 is 0 Å². The van der Waals surface area contributed by atoms with Crippen LogP contribution in [0.1, 0.15) is 43.5 Å². The van der Waals surface area contributed by atoms with Crippen molar-refractivity contribution in [1.29, 1.82) is 0 Å². The van der Waals surface area contributed by atoms with Crippen molar-refractivity contribution < 1.29 is 13.2 Å². The number of hydrogen-bond donors (Lipinski definition) is 1. The average Bonchev–Trinajstić information content (AvgIpc) is 3.22. The molecule has 0 atom stereocenters. The Labute approximate surface area is 201 Å². The molecule has 1 aliphatic rings. The van der Waals surface area contributed by atoms with Crippen LogP contribution in [0, 0.1) is 0 Å². The topological polar surface area (TPSA) is 87.5 Å². The Morgan fingerprint density at radius 1 is 1.03 bits per heavy atom. The van der Waals surface area contributed by atoms with Gasteiger partial charge in [-0.05, 0) is 56.3 Å². The summed E-state index contributed by atoms with van der Waals surface area (Å²) >= 11 is 0. The van der Waals surface area contributed by atoms with Gasteiger partial charge in [0, 0.05) is 31.7 Å². The van der Waals surface area contributed by atoms with E-state index in [9.17, 15) is 13.2 Å². The van der Waals surface area contributed by atoms with Gasteiger partial charge >= 0.3 is 0 Å². The van der Waals surface area contributed by atoms with Crippen LogP contribution in [0.25, 0.3) is 11.0 Å². The third-order valence-corrected chi connectivity index (χ3v) is 8.36. The summed E-state index contributed by atoms with van der Waals surface area (Å²) in [4.78, 5) is 20.3. The number of fused-ring (bicyclic) bond motifs is 1. The van der Waals surface area contributed by atoms with Gasteiger partial charge in [-0.25, -0.2) is 13.4 Å². The molecule has 0 bridgehead atoms. The zero-order valence-corrected chi connectivity index (χ0v) is 20.7. The number of hydrogen-bond acceptors (Lipinski definition) is 5. The quantitative estimate of drug-likeness (QED) is 0.500. The van der Waals surface area contributed by atoms with Gasteiger partial charge in [0.05, 0.1) is 15.9 Å². The summed E-state index contributed by atoms with van der Waals surface area (Å²) in [7, 11) is -3.62. The lowest BCUT2D eigenvalue weighted by Gasteiger charge is -2.26. The van der Waals surface area contributed by atoms with Crippen molar-refractivity contribution in [3.63, 3.8) is 0 Å². The van der Waals surface area contributed by atoms with Crippen LogP contribution >= 0.6 is 0 Å². The molecule has 0 saturated carbocycles. The van der Waals surface area contributed by atoms with Gasteiger partial charge in [-0.1, -0.05) is 38.5 Å². The Balaban J connectivity index is 1.59. The molecule has 1 fully saturated rings. The molecular weight excluding hydrogens is 450 g/mol. The van der Waals surface area contributed by atoms with Gasteiger partial charge in [-0.2, -0.15) is 4.31 Å². The van der Waals surface area contributed by atoms with Gasteiger partial charge in [0.2, 0.25) is 16.0 Å². The summed E-state index contributed by atoms with van der Waals surface area (Å²) in [6, 6.07) is 14.1. The van der Waals surface area contributed by atoms with Crippen LogP contribution < -0.4 is 5.32 Å². The van der Waals surface area contributed by atoms with Crippen LogP contribution in [0.3, 0.4) is 0 Å². The van der Waals surface area contributed by atoms with E-state index in [0.29, 0.717) is 31.1 Å². The lowest BCUT2D eigenvalue weighted by molar-refractivity contribution is 0.102. The normalized spacial score (nSPS) is 15.1. The number of aromatic nitrogens is 2. The summed E-state index contributed by atoms with van der Waals surface area (Å²) < 4.78 is 29.7. The summed E-state index contributed by atoms with van der Waals surface area (Å²) in [6.07, 6.45) is 2.77. The molecule has 1 saturated heterocycles. The second-order valence-electron chi connectivity index (χ2n) is 8.55. The number of carbonyl (C=O) groups is 1. The van der Waals surface area contributed by atoms with Gasteiger partial charge < -0.3 is 9.47 Å². The molecule has 2 heterocycles. The van der Waals surface area contributed by atoms with Gasteiger partial charge in [0.15, 0.2) is 0 Å². The summed E-state index contributed by atoms with van der Waals surface area (Å²) in [5.41, 5.74) is 2.05. The Morgan fingerprint density at radius 3 is 2.50 bits per heavy atom. The molecule has 1 amide bonds. The van der Waals surface area contributed by atoms with Gasteiger partial charge in [-0.3, -0.25) is 10.1 Å². The molecule has 182 valence electrons. The van der Waals surface area contributed by atoms with E-state index < -0.39 is 10.0 Å². The molecule has 0 unspecified atom stereocenters. The molecule has 34 heavy (non-hydrogen) atoms. The zero-order chi connectivity index (χ0) is 24.1. The number of anilines is 1. The van der Waals surface area contributed by atoms with E-state index in [1.54, 1.807) is 18.2 Å². The predicted octanol–water partition coefficient (Wildman–Crippen LogP) is 3.81. The number of nitrogens with zero attached hydrogens (tertiary/aromatic N) is 4. The third kappa shape index (κ3) is 5.16. The monoisotopic (exact) mass is 483 g/mol. The minimum Gasteiger partial charge on any atom is -0.309 e. The Kier molecular flexibility index (Phi) is 7.65. The summed E-state index contributed by atoms with van der Waals surface area (Å²) in [5.74, 6) is 0.0812. The molecular formula is C25H33N5O3S. The first-order valence-corrected chi connectivity index (χ1v) is 13.5. The van der Waals surface area contributed by atoms with E-state index in [-0.39, 0.29) is 10.8 Å². The highest BCUT2D eigenvalue weighted by Gasteiger charge is 2.26. The van der Waals surface area contributed by atoms with E-state index in [4.69, 9.17) is 0 Å². The standard InChI is InChI=1S/C25H33N5O3S/c1-3-28(4-2)17-18-30-23-14-7-6-13-22(23)26-25(30)27-24(31)20-11-10-12-21(19-20)34(32,33)29-15-8-5-9-16-29/h6-7,10-14,19H,3-5,8-9,15-18H2,1-2H3,(H,26,27,31). The number of sulfonamides is 1. The average molecular weight is 484 g/mol. The number of benzene rings is 2. The Bertz CT molecular complexity index is 1240. The molecule has 1 aromatic heterocycles. The Hall–Kier alpha value is -2.75. The molecule has 0 aliphatic carbocycles. The minimum atomic E-state index is -3.62. The van der Waals surface area contributed by atoms with Crippen LogP contribution in [0.4, 0.5) is 5.95 Å². The van der Waals surface area contributed by atoms with Crippen molar-refractivity contribution in [3.05, 3.63) is 54.1 Å².